The molecule has 1 aliphatic heterocycles. The van der Waals surface area contributed by atoms with Crippen molar-refractivity contribution in [1.29, 1.82) is 0 Å². The molecule has 1 saturated heterocycles. The second-order valence-electron chi connectivity index (χ2n) is 5.57. The van der Waals surface area contributed by atoms with E-state index in [1.807, 2.05) is 39.1 Å². The SMILES string of the molecule is Cc1cc(C)nc(N2CCC(Oc3ccncc3C)C2)n1. The predicted molar refractivity (Wildman–Crippen MR) is 81.7 cm³/mol. The van der Waals surface area contributed by atoms with Gasteiger partial charge in [-0.2, -0.15) is 0 Å². The zero-order chi connectivity index (χ0) is 14.8. The second kappa shape index (κ2) is 5.68. The van der Waals surface area contributed by atoms with E-state index in [0.29, 0.717) is 0 Å². The zero-order valence-electron chi connectivity index (χ0n) is 12.7. The summed E-state index contributed by atoms with van der Waals surface area (Å²) in [5, 5.41) is 0. The molecule has 0 amide bonds. The van der Waals surface area contributed by atoms with Crippen LogP contribution < -0.4 is 9.64 Å². The van der Waals surface area contributed by atoms with E-state index < -0.39 is 0 Å². The number of hydrogen-bond donors (Lipinski definition) is 0. The van der Waals surface area contributed by atoms with Crippen molar-refractivity contribution in [2.45, 2.75) is 33.3 Å². The summed E-state index contributed by atoms with van der Waals surface area (Å²) in [6.45, 7) is 7.77. The van der Waals surface area contributed by atoms with E-state index in [-0.39, 0.29) is 6.10 Å². The van der Waals surface area contributed by atoms with Gasteiger partial charge in [0, 0.05) is 42.3 Å². The molecule has 0 N–H and O–H groups in total. The lowest BCUT2D eigenvalue weighted by molar-refractivity contribution is 0.223. The topological polar surface area (TPSA) is 51.1 Å². The molecule has 5 heteroatoms. The van der Waals surface area contributed by atoms with E-state index >= 15 is 0 Å². The first kappa shape index (κ1) is 13.8. The minimum Gasteiger partial charge on any atom is -0.488 e. The minimum atomic E-state index is 0.176. The third kappa shape index (κ3) is 3.12. The van der Waals surface area contributed by atoms with Crippen LogP contribution in [0.3, 0.4) is 0 Å². The lowest BCUT2D eigenvalue weighted by atomic mass is 10.2. The molecule has 3 rings (SSSR count). The number of ether oxygens (including phenoxy) is 1. The molecule has 0 spiro atoms. The Balaban J connectivity index is 1.69. The van der Waals surface area contributed by atoms with Crippen molar-refractivity contribution >= 4 is 5.95 Å². The van der Waals surface area contributed by atoms with Gasteiger partial charge in [-0.1, -0.05) is 0 Å². The molecule has 2 aromatic rings. The van der Waals surface area contributed by atoms with Crippen LogP contribution in [0.1, 0.15) is 23.4 Å². The fourth-order valence-corrected chi connectivity index (χ4v) is 2.63. The molecule has 5 nitrogen and oxygen atoms in total. The Morgan fingerprint density at radius 2 is 1.95 bits per heavy atom. The molecule has 1 atom stereocenters. The van der Waals surface area contributed by atoms with Crippen LogP contribution in [0.25, 0.3) is 0 Å². The van der Waals surface area contributed by atoms with Gasteiger partial charge in [-0.15, -0.1) is 0 Å². The second-order valence-corrected chi connectivity index (χ2v) is 5.57. The summed E-state index contributed by atoms with van der Waals surface area (Å²) in [5.74, 6) is 1.73. The van der Waals surface area contributed by atoms with Crippen LogP contribution in [0.5, 0.6) is 5.75 Å². The van der Waals surface area contributed by atoms with Crippen molar-refractivity contribution in [2.24, 2.45) is 0 Å². The van der Waals surface area contributed by atoms with E-state index in [9.17, 15) is 0 Å². The number of rotatable bonds is 3. The largest absolute Gasteiger partial charge is 0.488 e. The fraction of sp³-hybridized carbons (Fsp3) is 0.438. The Labute approximate surface area is 125 Å². The summed E-state index contributed by atoms with van der Waals surface area (Å²) in [5.41, 5.74) is 3.08. The van der Waals surface area contributed by atoms with Crippen molar-refractivity contribution in [3.8, 4) is 5.75 Å². The molecule has 110 valence electrons. The first-order chi connectivity index (χ1) is 10.1. The minimum absolute atomic E-state index is 0.176. The molecule has 1 fully saturated rings. The summed E-state index contributed by atoms with van der Waals surface area (Å²) in [4.78, 5) is 15.3. The molecule has 0 bridgehead atoms. The van der Waals surface area contributed by atoms with Gasteiger partial charge < -0.3 is 9.64 Å². The van der Waals surface area contributed by atoms with Crippen molar-refractivity contribution in [3.05, 3.63) is 41.5 Å². The Morgan fingerprint density at radius 1 is 1.19 bits per heavy atom. The quantitative estimate of drug-likeness (QED) is 0.866. The van der Waals surface area contributed by atoms with Gasteiger partial charge in [0.25, 0.3) is 0 Å². The summed E-state index contributed by atoms with van der Waals surface area (Å²) in [6, 6.07) is 3.92. The maximum Gasteiger partial charge on any atom is 0.225 e. The number of hydrogen-bond acceptors (Lipinski definition) is 5. The Morgan fingerprint density at radius 3 is 2.67 bits per heavy atom. The highest BCUT2D eigenvalue weighted by atomic mass is 16.5. The van der Waals surface area contributed by atoms with Gasteiger partial charge in [0.1, 0.15) is 11.9 Å². The molecular weight excluding hydrogens is 264 g/mol. The highest BCUT2D eigenvalue weighted by Crippen LogP contribution is 2.23. The Bertz CT molecular complexity index is 624. The number of aromatic nitrogens is 3. The molecule has 0 aromatic carbocycles. The maximum absolute atomic E-state index is 6.08. The zero-order valence-corrected chi connectivity index (χ0v) is 12.7. The first-order valence-electron chi connectivity index (χ1n) is 7.26. The summed E-state index contributed by atoms with van der Waals surface area (Å²) < 4.78 is 6.08. The van der Waals surface area contributed by atoms with Crippen LogP contribution >= 0.6 is 0 Å². The summed E-state index contributed by atoms with van der Waals surface area (Å²) >= 11 is 0. The fourth-order valence-electron chi connectivity index (χ4n) is 2.63. The third-order valence-corrected chi connectivity index (χ3v) is 3.66. The normalized spacial score (nSPS) is 18.0. The van der Waals surface area contributed by atoms with Crippen molar-refractivity contribution in [3.63, 3.8) is 0 Å². The molecule has 1 aliphatic rings. The van der Waals surface area contributed by atoms with Crippen LogP contribution in [0.4, 0.5) is 5.95 Å². The molecular formula is C16H20N4O. The van der Waals surface area contributed by atoms with Crippen LogP contribution in [-0.4, -0.2) is 34.1 Å². The van der Waals surface area contributed by atoms with E-state index in [1.54, 1.807) is 6.20 Å². The van der Waals surface area contributed by atoms with E-state index in [2.05, 4.69) is 19.9 Å². The molecule has 0 saturated carbocycles. The van der Waals surface area contributed by atoms with Gasteiger partial charge >= 0.3 is 0 Å². The van der Waals surface area contributed by atoms with Gasteiger partial charge in [-0.05, 0) is 32.9 Å². The summed E-state index contributed by atoms with van der Waals surface area (Å²) in [7, 11) is 0. The predicted octanol–water partition coefficient (Wildman–Crippen LogP) is 2.45. The third-order valence-electron chi connectivity index (χ3n) is 3.66. The lowest BCUT2D eigenvalue weighted by Gasteiger charge is -2.18. The number of nitrogens with zero attached hydrogens (tertiary/aromatic N) is 4. The van der Waals surface area contributed by atoms with Crippen LogP contribution in [0.2, 0.25) is 0 Å². The maximum atomic E-state index is 6.08. The van der Waals surface area contributed by atoms with Gasteiger partial charge in [0.2, 0.25) is 5.95 Å². The smallest absolute Gasteiger partial charge is 0.225 e. The molecule has 2 aromatic heterocycles. The molecule has 21 heavy (non-hydrogen) atoms. The standard InChI is InChI=1S/C16H20N4O/c1-11-9-17-6-4-15(11)21-14-5-7-20(10-14)16-18-12(2)8-13(3)19-16/h4,6,8-9,14H,5,7,10H2,1-3H3. The van der Waals surface area contributed by atoms with Crippen molar-refractivity contribution < 1.29 is 4.74 Å². The highest BCUT2D eigenvalue weighted by Gasteiger charge is 2.26. The van der Waals surface area contributed by atoms with Gasteiger partial charge in [-0.3, -0.25) is 4.98 Å². The molecule has 0 aliphatic carbocycles. The van der Waals surface area contributed by atoms with Crippen molar-refractivity contribution in [2.75, 3.05) is 18.0 Å². The van der Waals surface area contributed by atoms with E-state index in [1.165, 1.54) is 0 Å². The first-order valence-corrected chi connectivity index (χ1v) is 7.26. The number of pyridine rings is 1. The van der Waals surface area contributed by atoms with Gasteiger partial charge in [0.15, 0.2) is 0 Å². The van der Waals surface area contributed by atoms with Gasteiger partial charge in [0.05, 0.1) is 6.54 Å². The molecule has 0 radical (unpaired) electrons. The number of anilines is 1. The van der Waals surface area contributed by atoms with Crippen LogP contribution in [0.15, 0.2) is 24.5 Å². The monoisotopic (exact) mass is 284 g/mol. The Hall–Kier alpha value is -2.17. The lowest BCUT2D eigenvalue weighted by Crippen LogP contribution is -2.26. The van der Waals surface area contributed by atoms with Crippen molar-refractivity contribution in [1.82, 2.24) is 15.0 Å². The summed E-state index contributed by atoms with van der Waals surface area (Å²) in [6.07, 6.45) is 4.76. The van der Waals surface area contributed by atoms with Crippen LogP contribution in [-0.2, 0) is 0 Å². The highest BCUT2D eigenvalue weighted by molar-refractivity contribution is 5.35. The average Bonchev–Trinajstić information content (AvgIpc) is 2.89. The number of aryl methyl sites for hydroxylation is 3. The Kier molecular flexibility index (Phi) is 3.73. The van der Waals surface area contributed by atoms with Gasteiger partial charge in [-0.25, -0.2) is 9.97 Å². The van der Waals surface area contributed by atoms with Crippen LogP contribution in [0, 0.1) is 20.8 Å². The van der Waals surface area contributed by atoms with E-state index in [0.717, 1.165) is 48.2 Å². The molecule has 1 unspecified atom stereocenters. The molecule has 3 heterocycles. The van der Waals surface area contributed by atoms with E-state index in [4.69, 9.17) is 4.74 Å². The average molecular weight is 284 g/mol.